The van der Waals surface area contributed by atoms with Crippen LogP contribution >= 0.6 is 11.3 Å². The molecule has 0 unspecified atom stereocenters. The maximum Gasteiger partial charge on any atom is 0.248 e. The van der Waals surface area contributed by atoms with Gasteiger partial charge in [0.15, 0.2) is 0 Å². The van der Waals surface area contributed by atoms with Gasteiger partial charge >= 0.3 is 0 Å². The summed E-state index contributed by atoms with van der Waals surface area (Å²) in [6, 6.07) is 16.7. The van der Waals surface area contributed by atoms with Gasteiger partial charge in [0, 0.05) is 16.6 Å². The van der Waals surface area contributed by atoms with Crippen LogP contribution in [0.1, 0.15) is 53.3 Å². The average Bonchev–Trinajstić information content (AvgIpc) is 3.52. The lowest BCUT2D eigenvalue weighted by atomic mass is 9.99. The van der Waals surface area contributed by atoms with E-state index in [0.717, 1.165) is 52.9 Å². The Morgan fingerprint density at radius 1 is 1.09 bits per heavy atom. The van der Waals surface area contributed by atoms with Crippen LogP contribution in [0.4, 0.5) is 5.69 Å². The van der Waals surface area contributed by atoms with E-state index in [1.54, 1.807) is 23.3 Å². The van der Waals surface area contributed by atoms with Gasteiger partial charge in [-0.05, 0) is 67.5 Å². The van der Waals surface area contributed by atoms with Gasteiger partial charge in [-0.3, -0.25) is 14.5 Å². The second-order valence-corrected chi connectivity index (χ2v) is 10.0. The molecule has 2 aromatic carbocycles. The summed E-state index contributed by atoms with van der Waals surface area (Å²) in [5.41, 5.74) is 3.55. The van der Waals surface area contributed by atoms with Crippen molar-refractivity contribution >= 4 is 28.8 Å². The van der Waals surface area contributed by atoms with Crippen molar-refractivity contribution in [3.8, 4) is 5.75 Å². The van der Waals surface area contributed by atoms with Gasteiger partial charge < -0.3 is 10.1 Å². The molecule has 1 atom stereocenters. The van der Waals surface area contributed by atoms with Crippen LogP contribution in [0.2, 0.25) is 0 Å². The molecule has 0 radical (unpaired) electrons. The Labute approximate surface area is 205 Å². The second-order valence-electron chi connectivity index (χ2n) is 8.98. The van der Waals surface area contributed by atoms with Crippen LogP contribution in [-0.2, 0) is 16.0 Å². The van der Waals surface area contributed by atoms with Crippen molar-refractivity contribution in [3.63, 3.8) is 0 Å². The Morgan fingerprint density at radius 2 is 1.88 bits per heavy atom. The molecule has 5 nitrogen and oxygen atoms in total. The monoisotopic (exact) mass is 476 g/mol. The molecule has 4 rings (SSSR count). The van der Waals surface area contributed by atoms with E-state index in [1.165, 1.54) is 0 Å². The van der Waals surface area contributed by atoms with E-state index in [2.05, 4.69) is 11.4 Å². The standard InChI is InChI=1S/C28H32N2O3S/c1-19-13-14-25(20(2)16-19)30(26(31)18-24-12-7-15-34-24)27(21-8-6-11-23(17-21)33-3)28(32)29-22-9-4-5-10-22/h6-8,11-17,22,27H,4-5,9-10,18H2,1-3H3,(H,29,32)/t27-/m0/s1. The Balaban J connectivity index is 1.81. The predicted octanol–water partition coefficient (Wildman–Crippen LogP) is 5.75. The highest BCUT2D eigenvalue weighted by Crippen LogP contribution is 2.34. The highest BCUT2D eigenvalue weighted by atomic mass is 32.1. The summed E-state index contributed by atoms with van der Waals surface area (Å²) < 4.78 is 5.46. The van der Waals surface area contributed by atoms with Crippen LogP contribution in [0.5, 0.6) is 5.75 Å². The molecule has 1 saturated carbocycles. The summed E-state index contributed by atoms with van der Waals surface area (Å²) in [6.07, 6.45) is 4.43. The maximum atomic E-state index is 13.9. The van der Waals surface area contributed by atoms with E-state index in [1.807, 2.05) is 67.8 Å². The molecule has 0 spiro atoms. The number of thiophene rings is 1. The number of hydrogen-bond acceptors (Lipinski definition) is 4. The Hall–Kier alpha value is -3.12. The maximum absolute atomic E-state index is 13.9. The molecular formula is C28H32N2O3S. The largest absolute Gasteiger partial charge is 0.497 e. The molecule has 0 aliphatic heterocycles. The van der Waals surface area contributed by atoms with Gasteiger partial charge in [-0.15, -0.1) is 11.3 Å². The second kappa shape index (κ2) is 10.9. The van der Waals surface area contributed by atoms with Crippen molar-refractivity contribution in [2.45, 2.75) is 58.0 Å². The van der Waals surface area contributed by atoms with E-state index >= 15 is 0 Å². The van der Waals surface area contributed by atoms with Crippen molar-refractivity contribution in [2.75, 3.05) is 12.0 Å². The third-order valence-electron chi connectivity index (χ3n) is 6.40. The van der Waals surface area contributed by atoms with Crippen molar-refractivity contribution in [2.24, 2.45) is 0 Å². The molecule has 2 amide bonds. The third-order valence-corrected chi connectivity index (χ3v) is 7.28. The molecule has 1 fully saturated rings. The number of carbonyl (C=O) groups is 2. The van der Waals surface area contributed by atoms with Crippen molar-refractivity contribution in [1.29, 1.82) is 0 Å². The lowest BCUT2D eigenvalue weighted by Gasteiger charge is -2.33. The number of carbonyl (C=O) groups excluding carboxylic acids is 2. The van der Waals surface area contributed by atoms with E-state index < -0.39 is 6.04 Å². The van der Waals surface area contributed by atoms with Crippen LogP contribution in [-0.4, -0.2) is 25.0 Å². The van der Waals surface area contributed by atoms with E-state index in [9.17, 15) is 9.59 Å². The summed E-state index contributed by atoms with van der Waals surface area (Å²) in [5.74, 6) is 0.394. The van der Waals surface area contributed by atoms with Crippen molar-refractivity contribution in [3.05, 3.63) is 81.5 Å². The molecule has 0 saturated heterocycles. The zero-order chi connectivity index (χ0) is 24.1. The zero-order valence-electron chi connectivity index (χ0n) is 20.0. The first-order valence-electron chi connectivity index (χ1n) is 11.8. The van der Waals surface area contributed by atoms with E-state index in [0.29, 0.717) is 5.75 Å². The Bertz CT molecular complexity index is 1140. The molecule has 3 aromatic rings. The fourth-order valence-electron chi connectivity index (χ4n) is 4.72. The first-order valence-corrected chi connectivity index (χ1v) is 12.7. The first-order chi connectivity index (χ1) is 16.5. The van der Waals surface area contributed by atoms with Crippen LogP contribution in [0.3, 0.4) is 0 Å². The lowest BCUT2D eigenvalue weighted by molar-refractivity contribution is -0.127. The molecule has 1 aliphatic rings. The molecule has 1 heterocycles. The van der Waals surface area contributed by atoms with Crippen LogP contribution in [0.25, 0.3) is 0 Å². The summed E-state index contributed by atoms with van der Waals surface area (Å²) >= 11 is 1.55. The minimum absolute atomic E-state index is 0.108. The topological polar surface area (TPSA) is 58.6 Å². The van der Waals surface area contributed by atoms with Gasteiger partial charge in [0.05, 0.1) is 13.5 Å². The van der Waals surface area contributed by atoms with Crippen LogP contribution in [0, 0.1) is 13.8 Å². The zero-order valence-corrected chi connectivity index (χ0v) is 20.9. The number of aryl methyl sites for hydroxylation is 2. The number of methoxy groups -OCH3 is 1. The van der Waals surface area contributed by atoms with Gasteiger partial charge in [0.25, 0.3) is 0 Å². The summed E-state index contributed by atoms with van der Waals surface area (Å²) in [5, 5.41) is 5.21. The summed E-state index contributed by atoms with van der Waals surface area (Å²) in [4.78, 5) is 30.4. The number of nitrogens with zero attached hydrogens (tertiary/aromatic N) is 1. The Morgan fingerprint density at radius 3 is 2.56 bits per heavy atom. The molecule has 6 heteroatoms. The molecule has 1 aliphatic carbocycles. The SMILES string of the molecule is COc1cccc([C@@H](C(=O)NC2CCCC2)N(C(=O)Cc2cccs2)c2ccc(C)cc2C)c1. The highest BCUT2D eigenvalue weighted by Gasteiger charge is 2.35. The normalized spacial score (nSPS) is 14.6. The predicted molar refractivity (Wildman–Crippen MR) is 138 cm³/mol. The number of benzene rings is 2. The summed E-state index contributed by atoms with van der Waals surface area (Å²) in [7, 11) is 1.61. The molecule has 1 N–H and O–H groups in total. The van der Waals surface area contributed by atoms with Gasteiger partial charge in [0.1, 0.15) is 11.8 Å². The van der Waals surface area contributed by atoms with E-state index in [4.69, 9.17) is 4.74 Å². The number of rotatable bonds is 8. The van der Waals surface area contributed by atoms with Gasteiger partial charge in [-0.25, -0.2) is 0 Å². The van der Waals surface area contributed by atoms with Crippen molar-refractivity contribution in [1.82, 2.24) is 5.32 Å². The van der Waals surface area contributed by atoms with E-state index in [-0.39, 0.29) is 24.3 Å². The molecule has 34 heavy (non-hydrogen) atoms. The van der Waals surface area contributed by atoms with Crippen LogP contribution < -0.4 is 15.0 Å². The quantitative estimate of drug-likeness (QED) is 0.450. The number of ether oxygens (including phenoxy) is 1. The average molecular weight is 477 g/mol. The van der Waals surface area contributed by atoms with Gasteiger partial charge in [0.2, 0.25) is 11.8 Å². The molecular weight excluding hydrogens is 444 g/mol. The van der Waals surface area contributed by atoms with Gasteiger partial charge in [-0.2, -0.15) is 0 Å². The van der Waals surface area contributed by atoms with Gasteiger partial charge in [-0.1, -0.05) is 48.7 Å². The fourth-order valence-corrected chi connectivity index (χ4v) is 5.42. The third kappa shape index (κ3) is 5.50. The first kappa shape index (κ1) is 24.0. The minimum Gasteiger partial charge on any atom is -0.497 e. The number of nitrogens with one attached hydrogen (secondary N) is 1. The minimum atomic E-state index is -0.801. The molecule has 0 bridgehead atoms. The lowest BCUT2D eigenvalue weighted by Crippen LogP contribution is -2.47. The van der Waals surface area contributed by atoms with Crippen LogP contribution in [0.15, 0.2) is 60.0 Å². The number of anilines is 1. The highest BCUT2D eigenvalue weighted by molar-refractivity contribution is 7.10. The summed E-state index contributed by atoms with van der Waals surface area (Å²) in [6.45, 7) is 4.02. The fraction of sp³-hybridized carbons (Fsp3) is 0.357. The molecule has 178 valence electrons. The number of amides is 2. The number of hydrogen-bond donors (Lipinski definition) is 1. The smallest absolute Gasteiger partial charge is 0.248 e. The Kier molecular flexibility index (Phi) is 7.68. The molecule has 1 aromatic heterocycles. The van der Waals surface area contributed by atoms with Crippen molar-refractivity contribution < 1.29 is 14.3 Å².